The Morgan fingerprint density at radius 1 is 1.10 bits per heavy atom. The molecule has 0 saturated carbocycles. The highest BCUT2D eigenvalue weighted by molar-refractivity contribution is 7.56. The van der Waals surface area contributed by atoms with Gasteiger partial charge in [0.2, 0.25) is 0 Å². The molecule has 0 aromatic carbocycles. The Hall–Kier alpha value is -1.19. The molecule has 0 radical (unpaired) electrons. The van der Waals surface area contributed by atoms with Gasteiger partial charge in [0.25, 0.3) is 0 Å². The lowest BCUT2D eigenvalue weighted by Crippen LogP contribution is -1.88. The van der Waals surface area contributed by atoms with Gasteiger partial charge in [0, 0.05) is 0 Å². The topological polar surface area (TPSA) is 77.8 Å². The summed E-state index contributed by atoms with van der Waals surface area (Å²) in [6.07, 6.45) is 11.1. The van der Waals surface area contributed by atoms with Crippen LogP contribution in [0.1, 0.15) is 26.7 Å². The van der Waals surface area contributed by atoms with Crippen LogP contribution >= 0.6 is 7.60 Å². The van der Waals surface area contributed by atoms with E-state index in [0.29, 0.717) is 0 Å². The average Bonchev–Trinajstić information content (AvgIpc) is 2.39. The van der Waals surface area contributed by atoms with Crippen molar-refractivity contribution in [2.45, 2.75) is 26.7 Å². The monoisotopic (exact) mass is 298 g/mol. The van der Waals surface area contributed by atoms with Gasteiger partial charge in [0.1, 0.15) is 0 Å². The van der Waals surface area contributed by atoms with Crippen LogP contribution in [-0.4, -0.2) is 21.5 Å². The predicted octanol–water partition coefficient (Wildman–Crippen LogP) is 3.46. The van der Waals surface area contributed by atoms with Gasteiger partial charge in [0.15, 0.2) is 0 Å². The molecule has 4 nitrogen and oxygen atoms in total. The Bertz CT molecular complexity index is 478. The van der Waals surface area contributed by atoms with Crippen molar-refractivity contribution < 1.29 is 19.5 Å². The fourth-order valence-electron chi connectivity index (χ4n) is 1.62. The largest absolute Gasteiger partial charge is 0.392 e. The number of hydrogen-bond acceptors (Lipinski definition) is 2. The van der Waals surface area contributed by atoms with Crippen molar-refractivity contribution in [2.24, 2.45) is 0 Å². The molecular weight excluding hydrogens is 275 g/mol. The molecule has 0 saturated heterocycles. The van der Waals surface area contributed by atoms with Crippen LogP contribution in [0.5, 0.6) is 0 Å². The van der Waals surface area contributed by atoms with Crippen LogP contribution in [0.15, 0.2) is 59.5 Å². The molecule has 3 N–H and O–H groups in total. The minimum absolute atomic E-state index is 0.0165. The van der Waals surface area contributed by atoms with Gasteiger partial charge >= 0.3 is 7.60 Å². The molecule has 20 heavy (non-hydrogen) atoms. The minimum atomic E-state index is -4.28. The van der Waals surface area contributed by atoms with Crippen molar-refractivity contribution in [3.05, 3.63) is 59.5 Å². The second-order valence-corrected chi connectivity index (χ2v) is 5.65. The molecule has 0 fully saturated rings. The maximum atomic E-state index is 11.2. The molecule has 0 heterocycles. The lowest BCUT2D eigenvalue weighted by atomic mass is 10.00. The number of hydrogen-bond donors (Lipinski definition) is 3. The van der Waals surface area contributed by atoms with Gasteiger partial charge in [-0.2, -0.15) is 0 Å². The first-order valence-electron chi connectivity index (χ1n) is 6.46. The molecular formula is C15H23O4P. The molecule has 0 aliphatic heterocycles. The van der Waals surface area contributed by atoms with Gasteiger partial charge in [-0.15, -0.1) is 0 Å². The van der Waals surface area contributed by atoms with E-state index >= 15 is 0 Å². The minimum Gasteiger partial charge on any atom is -0.392 e. The highest BCUT2D eigenvalue weighted by atomic mass is 31.2. The summed E-state index contributed by atoms with van der Waals surface area (Å²) in [5.41, 5.74) is 2.05. The SMILES string of the molecule is C=C\C(=C/C=C(CC)/C(=C/C=C\CO)CC)P(=O)(O)O. The lowest BCUT2D eigenvalue weighted by Gasteiger charge is -2.08. The Morgan fingerprint density at radius 3 is 2.05 bits per heavy atom. The van der Waals surface area contributed by atoms with E-state index in [1.807, 2.05) is 19.9 Å². The Balaban J connectivity index is 5.44. The van der Waals surface area contributed by atoms with Gasteiger partial charge in [-0.05, 0) is 30.1 Å². The fourth-order valence-corrected chi connectivity index (χ4v) is 2.13. The van der Waals surface area contributed by atoms with E-state index in [0.717, 1.165) is 24.0 Å². The molecule has 0 aliphatic carbocycles. The zero-order valence-corrected chi connectivity index (χ0v) is 12.9. The average molecular weight is 298 g/mol. The third-order valence-corrected chi connectivity index (χ3v) is 3.72. The van der Waals surface area contributed by atoms with E-state index in [1.54, 1.807) is 18.2 Å². The summed E-state index contributed by atoms with van der Waals surface area (Å²) in [4.78, 5) is 18.2. The molecule has 0 spiro atoms. The number of aliphatic hydroxyl groups is 1. The molecule has 5 heteroatoms. The Morgan fingerprint density at radius 2 is 1.65 bits per heavy atom. The number of aliphatic hydroxyl groups excluding tert-OH is 1. The third kappa shape index (κ3) is 6.83. The fraction of sp³-hybridized carbons (Fsp3) is 0.333. The molecule has 0 atom stereocenters. The predicted molar refractivity (Wildman–Crippen MR) is 83.3 cm³/mol. The van der Waals surface area contributed by atoms with Crippen molar-refractivity contribution >= 4 is 7.60 Å². The molecule has 0 amide bonds. The molecule has 0 unspecified atom stereocenters. The standard InChI is InChI=1S/C15H23O4P/c1-4-13(9-7-8-12-16)14(5-2)10-11-15(6-3)20(17,18)19/h6-11,16H,3-5,12H2,1-2H3,(H2,17,18,19)/b8-7-,13-9+,14-10+,15-11+. The zero-order chi connectivity index (χ0) is 15.6. The first-order chi connectivity index (χ1) is 9.40. The van der Waals surface area contributed by atoms with E-state index < -0.39 is 7.60 Å². The van der Waals surface area contributed by atoms with Crippen molar-refractivity contribution in [3.8, 4) is 0 Å². The van der Waals surface area contributed by atoms with Crippen molar-refractivity contribution in [1.82, 2.24) is 0 Å². The van der Waals surface area contributed by atoms with Crippen LogP contribution in [0, 0.1) is 0 Å². The maximum absolute atomic E-state index is 11.2. The van der Waals surface area contributed by atoms with Gasteiger partial charge in [-0.25, -0.2) is 0 Å². The summed E-state index contributed by atoms with van der Waals surface area (Å²) in [5, 5.41) is 8.61. The highest BCUT2D eigenvalue weighted by Crippen LogP contribution is 2.45. The summed E-state index contributed by atoms with van der Waals surface area (Å²) in [6.45, 7) is 7.38. The smallest absolute Gasteiger partial charge is 0.356 e. The molecule has 112 valence electrons. The van der Waals surface area contributed by atoms with Gasteiger partial charge in [-0.3, -0.25) is 4.57 Å². The third-order valence-electron chi connectivity index (χ3n) is 2.71. The molecule has 0 aliphatic rings. The first-order valence-corrected chi connectivity index (χ1v) is 8.08. The molecule has 0 bridgehead atoms. The van der Waals surface area contributed by atoms with E-state index in [-0.39, 0.29) is 11.9 Å². The second kappa shape index (κ2) is 9.67. The van der Waals surface area contributed by atoms with Crippen LogP contribution in [0.3, 0.4) is 0 Å². The quantitative estimate of drug-likeness (QED) is 0.474. The van der Waals surface area contributed by atoms with Crippen LogP contribution in [-0.2, 0) is 4.57 Å². The van der Waals surface area contributed by atoms with E-state index in [1.165, 1.54) is 12.2 Å². The first kappa shape index (κ1) is 18.8. The summed E-state index contributed by atoms with van der Waals surface area (Å²) in [6, 6.07) is 0. The molecule has 0 rings (SSSR count). The molecule has 0 aromatic heterocycles. The Labute approximate surface area is 120 Å². The second-order valence-electron chi connectivity index (χ2n) is 4.04. The Kier molecular flexibility index (Phi) is 9.10. The molecule has 0 aromatic rings. The van der Waals surface area contributed by atoms with E-state index in [9.17, 15) is 4.57 Å². The summed E-state index contributed by atoms with van der Waals surface area (Å²) < 4.78 is 11.2. The van der Waals surface area contributed by atoms with E-state index in [2.05, 4.69) is 6.58 Å². The summed E-state index contributed by atoms with van der Waals surface area (Å²) in [7, 11) is -4.28. The van der Waals surface area contributed by atoms with E-state index in [4.69, 9.17) is 14.9 Å². The lowest BCUT2D eigenvalue weighted by molar-refractivity contribution is 0.342. The van der Waals surface area contributed by atoms with Gasteiger partial charge < -0.3 is 14.9 Å². The maximum Gasteiger partial charge on any atom is 0.356 e. The van der Waals surface area contributed by atoms with Gasteiger partial charge in [0.05, 0.1) is 11.9 Å². The summed E-state index contributed by atoms with van der Waals surface area (Å²) in [5.74, 6) is 0. The highest BCUT2D eigenvalue weighted by Gasteiger charge is 2.16. The van der Waals surface area contributed by atoms with Crippen LogP contribution < -0.4 is 0 Å². The van der Waals surface area contributed by atoms with Crippen molar-refractivity contribution in [2.75, 3.05) is 6.61 Å². The zero-order valence-electron chi connectivity index (χ0n) is 12.0. The van der Waals surface area contributed by atoms with Crippen LogP contribution in [0.2, 0.25) is 0 Å². The van der Waals surface area contributed by atoms with Crippen molar-refractivity contribution in [3.63, 3.8) is 0 Å². The number of rotatable bonds is 8. The normalized spacial score (nSPS) is 14.9. The van der Waals surface area contributed by atoms with Crippen LogP contribution in [0.25, 0.3) is 0 Å². The summed E-state index contributed by atoms with van der Waals surface area (Å²) >= 11 is 0. The van der Waals surface area contributed by atoms with Crippen LogP contribution in [0.4, 0.5) is 0 Å². The van der Waals surface area contributed by atoms with Crippen molar-refractivity contribution in [1.29, 1.82) is 0 Å². The van der Waals surface area contributed by atoms with Gasteiger partial charge in [-0.1, -0.05) is 50.8 Å². The number of allylic oxidation sites excluding steroid dienone is 8.